The van der Waals surface area contributed by atoms with Gasteiger partial charge in [-0.15, -0.1) is 31.7 Å². The molecule has 11 heteroatoms. The zero-order valence-corrected chi connectivity index (χ0v) is 21.3. The quantitative estimate of drug-likeness (QED) is 0.363. The predicted molar refractivity (Wildman–Crippen MR) is 141 cm³/mol. The van der Waals surface area contributed by atoms with Gasteiger partial charge in [0.05, 0.1) is 6.42 Å². The first-order chi connectivity index (χ1) is 16.6. The van der Waals surface area contributed by atoms with Crippen LogP contribution < -0.4 is 16.0 Å². The number of carbonyl (C=O) groups is 2. The Hall–Kier alpha value is -1.82. The molecule has 2 aliphatic heterocycles. The second kappa shape index (κ2) is 14.7. The molecule has 35 heavy (non-hydrogen) atoms. The van der Waals surface area contributed by atoms with E-state index in [1.54, 1.807) is 11.3 Å². The van der Waals surface area contributed by atoms with Crippen molar-refractivity contribution in [2.24, 2.45) is 11.8 Å². The number of nitrogens with one attached hydrogen (secondary N) is 3. The Morgan fingerprint density at radius 1 is 0.829 bits per heavy atom. The minimum atomic E-state index is 0. The minimum absolute atomic E-state index is 0. The molecule has 0 spiro atoms. The third-order valence-corrected chi connectivity index (χ3v) is 8.27. The number of carbonyl (C=O) groups excluding carboxylic acids is 2. The first-order valence-electron chi connectivity index (χ1n) is 12.5. The first kappa shape index (κ1) is 27.8. The van der Waals surface area contributed by atoms with Crippen molar-refractivity contribution in [1.29, 1.82) is 0 Å². The van der Waals surface area contributed by atoms with Crippen molar-refractivity contribution in [1.82, 2.24) is 31.0 Å². The fourth-order valence-electron chi connectivity index (χ4n) is 4.61. The molecular formula is C24H39N7O2S2. The van der Waals surface area contributed by atoms with Gasteiger partial charge in [-0.05, 0) is 76.5 Å². The van der Waals surface area contributed by atoms with Crippen LogP contribution in [-0.4, -0.2) is 58.3 Å². The molecular weight excluding hydrogens is 482 g/mol. The summed E-state index contributed by atoms with van der Waals surface area (Å²) in [4.78, 5) is 24.6. The third kappa shape index (κ3) is 9.63. The number of ketones is 1. The van der Waals surface area contributed by atoms with Crippen molar-refractivity contribution < 1.29 is 9.59 Å². The summed E-state index contributed by atoms with van der Waals surface area (Å²) in [7, 11) is 0. The Morgan fingerprint density at radius 3 is 2.09 bits per heavy atom. The second-order valence-electron chi connectivity index (χ2n) is 9.39. The fraction of sp³-hybridized carbons (Fsp3) is 0.750. The standard InChI is InChI=1S/C23H35N7O2S2.CH4/c31-18(11-16-5-3-9-24-14-16)13-22-29-27-20(33-22)7-1-2-8-21-28-30-23(34-21)26-19(32)12-17-6-4-10-25-15-17;/h16-17,24-25H,1-15H2,(H,26,30,32);1H4. The van der Waals surface area contributed by atoms with Gasteiger partial charge in [0.2, 0.25) is 11.0 Å². The van der Waals surface area contributed by atoms with Crippen LogP contribution in [0.15, 0.2) is 0 Å². The highest BCUT2D eigenvalue weighted by Crippen LogP contribution is 2.21. The van der Waals surface area contributed by atoms with E-state index in [0.29, 0.717) is 36.2 Å². The maximum absolute atomic E-state index is 12.3. The number of aryl methyl sites for hydroxylation is 2. The maximum Gasteiger partial charge on any atom is 0.226 e. The predicted octanol–water partition coefficient (Wildman–Crippen LogP) is 3.42. The number of hydrogen-bond donors (Lipinski definition) is 3. The Bertz CT molecular complexity index is 846. The van der Waals surface area contributed by atoms with Crippen molar-refractivity contribution in [2.45, 2.75) is 78.1 Å². The lowest BCUT2D eigenvalue weighted by Gasteiger charge is -2.21. The van der Waals surface area contributed by atoms with Gasteiger partial charge < -0.3 is 16.0 Å². The number of aromatic nitrogens is 4. The van der Waals surface area contributed by atoms with Crippen molar-refractivity contribution in [2.75, 3.05) is 31.5 Å². The monoisotopic (exact) mass is 521 g/mol. The number of amides is 1. The van der Waals surface area contributed by atoms with Gasteiger partial charge in [0, 0.05) is 25.7 Å². The van der Waals surface area contributed by atoms with Gasteiger partial charge >= 0.3 is 0 Å². The number of Topliss-reactive ketones (excluding diaryl/α,β-unsaturated/α-hetero) is 1. The van der Waals surface area contributed by atoms with Crippen LogP contribution in [0, 0.1) is 11.8 Å². The molecule has 2 aromatic heterocycles. The number of rotatable bonds is 12. The highest BCUT2D eigenvalue weighted by atomic mass is 32.1. The minimum Gasteiger partial charge on any atom is -0.316 e. The molecule has 2 saturated heterocycles. The Labute approximate surface area is 216 Å². The van der Waals surface area contributed by atoms with Gasteiger partial charge in [-0.25, -0.2) is 0 Å². The van der Waals surface area contributed by atoms with Crippen molar-refractivity contribution in [3.05, 3.63) is 15.0 Å². The fourth-order valence-corrected chi connectivity index (χ4v) is 6.32. The summed E-state index contributed by atoms with van der Waals surface area (Å²) < 4.78 is 0. The summed E-state index contributed by atoms with van der Waals surface area (Å²) in [5, 5.41) is 29.8. The van der Waals surface area contributed by atoms with E-state index in [2.05, 4.69) is 36.3 Å². The molecule has 0 aliphatic carbocycles. The van der Waals surface area contributed by atoms with E-state index in [1.807, 2.05) is 0 Å². The molecule has 2 unspecified atom stereocenters. The normalized spacial score (nSPS) is 20.2. The van der Waals surface area contributed by atoms with E-state index >= 15 is 0 Å². The zero-order valence-electron chi connectivity index (χ0n) is 19.7. The summed E-state index contributed by atoms with van der Waals surface area (Å²) >= 11 is 3.02. The van der Waals surface area contributed by atoms with Crippen LogP contribution in [0.5, 0.6) is 0 Å². The largest absolute Gasteiger partial charge is 0.316 e. The van der Waals surface area contributed by atoms with Crippen molar-refractivity contribution >= 4 is 39.5 Å². The summed E-state index contributed by atoms with van der Waals surface area (Å²) in [6.45, 7) is 3.99. The lowest BCUT2D eigenvalue weighted by Crippen LogP contribution is -2.32. The Morgan fingerprint density at radius 2 is 1.43 bits per heavy atom. The van der Waals surface area contributed by atoms with Gasteiger partial charge in [-0.1, -0.05) is 18.8 Å². The van der Waals surface area contributed by atoms with E-state index in [1.165, 1.54) is 11.3 Å². The number of anilines is 1. The molecule has 0 aromatic carbocycles. The molecule has 3 N–H and O–H groups in total. The molecule has 1 amide bonds. The molecule has 194 valence electrons. The van der Waals surface area contributed by atoms with E-state index < -0.39 is 0 Å². The smallest absolute Gasteiger partial charge is 0.226 e. The van der Waals surface area contributed by atoms with Gasteiger partial charge in [-0.2, -0.15) is 0 Å². The summed E-state index contributed by atoms with van der Waals surface area (Å²) in [5.74, 6) is 1.18. The van der Waals surface area contributed by atoms with Gasteiger partial charge in [0.15, 0.2) is 0 Å². The number of piperidine rings is 2. The first-order valence-corrected chi connectivity index (χ1v) is 14.1. The maximum atomic E-state index is 12.3. The van der Waals surface area contributed by atoms with Crippen molar-refractivity contribution in [3.63, 3.8) is 0 Å². The highest BCUT2D eigenvalue weighted by molar-refractivity contribution is 7.15. The van der Waals surface area contributed by atoms with Crippen LogP contribution in [0.1, 0.15) is 73.8 Å². The molecule has 2 aliphatic rings. The van der Waals surface area contributed by atoms with Crippen LogP contribution in [0.4, 0.5) is 5.13 Å². The van der Waals surface area contributed by atoms with Crippen LogP contribution >= 0.6 is 22.7 Å². The molecule has 0 bridgehead atoms. The summed E-state index contributed by atoms with van der Waals surface area (Å²) in [5.41, 5.74) is 0. The molecule has 2 fully saturated rings. The molecule has 2 aromatic rings. The lowest BCUT2D eigenvalue weighted by molar-refractivity contribution is -0.119. The molecule has 0 saturated carbocycles. The molecule has 0 radical (unpaired) electrons. The number of nitrogens with zero attached hydrogens (tertiary/aromatic N) is 4. The van der Waals surface area contributed by atoms with Crippen molar-refractivity contribution in [3.8, 4) is 0 Å². The number of unbranched alkanes of at least 4 members (excludes halogenated alkanes) is 1. The zero-order chi connectivity index (χ0) is 23.6. The topological polar surface area (TPSA) is 122 Å². The van der Waals surface area contributed by atoms with Crippen LogP contribution in [0.25, 0.3) is 0 Å². The molecule has 4 heterocycles. The Balaban J connectivity index is 0.00000342. The SMILES string of the molecule is C.O=C(Cc1nnc(CCCCc2nnc(NC(=O)CC3CCCNC3)s2)s1)CC1CCCNC1. The lowest BCUT2D eigenvalue weighted by atomic mass is 9.93. The second-order valence-corrected chi connectivity index (χ2v) is 11.6. The van der Waals surface area contributed by atoms with E-state index in [9.17, 15) is 9.59 Å². The van der Waals surface area contributed by atoms with Crippen LogP contribution in [0.2, 0.25) is 0 Å². The van der Waals surface area contributed by atoms with E-state index in [4.69, 9.17) is 0 Å². The highest BCUT2D eigenvalue weighted by Gasteiger charge is 2.19. The summed E-state index contributed by atoms with van der Waals surface area (Å²) in [6.07, 6.45) is 9.76. The Kier molecular flexibility index (Phi) is 11.6. The third-order valence-electron chi connectivity index (χ3n) is 6.39. The summed E-state index contributed by atoms with van der Waals surface area (Å²) in [6, 6.07) is 0. The van der Waals surface area contributed by atoms with E-state index in [-0.39, 0.29) is 19.1 Å². The van der Waals surface area contributed by atoms with Crippen LogP contribution in [-0.2, 0) is 28.9 Å². The number of hydrogen-bond acceptors (Lipinski definition) is 10. The van der Waals surface area contributed by atoms with Gasteiger partial charge in [-0.3, -0.25) is 9.59 Å². The molecule has 2 atom stereocenters. The average molecular weight is 522 g/mol. The average Bonchev–Trinajstić information content (AvgIpc) is 3.47. The van der Waals surface area contributed by atoms with E-state index in [0.717, 1.165) is 92.6 Å². The molecule has 4 rings (SSSR count). The molecule has 9 nitrogen and oxygen atoms in total. The van der Waals surface area contributed by atoms with Gasteiger partial charge in [0.1, 0.15) is 20.8 Å². The van der Waals surface area contributed by atoms with Gasteiger partial charge in [0.25, 0.3) is 0 Å². The van der Waals surface area contributed by atoms with Crippen LogP contribution in [0.3, 0.4) is 0 Å².